The molecule has 0 aromatic carbocycles. The van der Waals surface area contributed by atoms with E-state index < -0.39 is 0 Å². The first-order valence-electron chi connectivity index (χ1n) is 6.37. The molecule has 1 aliphatic rings. The largest absolute Gasteiger partial charge is 0.376 e. The van der Waals surface area contributed by atoms with E-state index in [0.29, 0.717) is 13.0 Å². The Balaban J connectivity index is 2.39. The van der Waals surface area contributed by atoms with Crippen molar-refractivity contribution in [2.24, 2.45) is 5.73 Å². The van der Waals surface area contributed by atoms with Crippen molar-refractivity contribution in [3.05, 3.63) is 0 Å². The Labute approximate surface area is 98.1 Å². The van der Waals surface area contributed by atoms with Gasteiger partial charge in [0.15, 0.2) is 0 Å². The molecule has 16 heavy (non-hydrogen) atoms. The smallest absolute Gasteiger partial charge is 0.223 e. The van der Waals surface area contributed by atoms with Gasteiger partial charge in [-0.15, -0.1) is 0 Å². The summed E-state index contributed by atoms with van der Waals surface area (Å²) in [6, 6.07) is 0. The Hall–Kier alpha value is -0.610. The van der Waals surface area contributed by atoms with Crippen molar-refractivity contribution in [3.8, 4) is 0 Å². The summed E-state index contributed by atoms with van der Waals surface area (Å²) in [5.41, 5.74) is 5.42. The van der Waals surface area contributed by atoms with E-state index in [0.717, 1.165) is 39.0 Å². The Morgan fingerprint density at radius 3 is 2.88 bits per heavy atom. The highest BCUT2D eigenvalue weighted by Crippen LogP contribution is 2.14. The first-order valence-corrected chi connectivity index (χ1v) is 6.37. The number of ether oxygens (including phenoxy) is 1. The molecule has 1 atom stereocenters. The molecular formula is C12H24N2O2. The lowest BCUT2D eigenvalue weighted by Gasteiger charge is -2.29. The van der Waals surface area contributed by atoms with Gasteiger partial charge in [-0.25, -0.2) is 0 Å². The van der Waals surface area contributed by atoms with Crippen molar-refractivity contribution in [3.63, 3.8) is 0 Å². The Morgan fingerprint density at radius 1 is 1.50 bits per heavy atom. The molecule has 0 bridgehead atoms. The molecule has 0 saturated carbocycles. The summed E-state index contributed by atoms with van der Waals surface area (Å²) in [5, 5.41) is 0. The molecule has 1 amide bonds. The van der Waals surface area contributed by atoms with Gasteiger partial charge < -0.3 is 15.4 Å². The van der Waals surface area contributed by atoms with Crippen LogP contribution in [0.5, 0.6) is 0 Å². The number of nitrogens with zero attached hydrogens (tertiary/aromatic N) is 1. The predicted octanol–water partition coefficient (Wildman–Crippen LogP) is 1.14. The van der Waals surface area contributed by atoms with E-state index in [4.69, 9.17) is 10.5 Å². The van der Waals surface area contributed by atoms with Crippen LogP contribution < -0.4 is 5.73 Å². The summed E-state index contributed by atoms with van der Waals surface area (Å²) >= 11 is 0. The van der Waals surface area contributed by atoms with E-state index in [1.54, 1.807) is 0 Å². The minimum atomic E-state index is 0.165. The van der Waals surface area contributed by atoms with E-state index in [-0.39, 0.29) is 12.0 Å². The number of hydrogen-bond acceptors (Lipinski definition) is 3. The van der Waals surface area contributed by atoms with Gasteiger partial charge in [0, 0.05) is 32.7 Å². The average molecular weight is 228 g/mol. The van der Waals surface area contributed by atoms with E-state index in [2.05, 4.69) is 6.92 Å². The van der Waals surface area contributed by atoms with Crippen LogP contribution in [0.2, 0.25) is 0 Å². The molecule has 1 saturated heterocycles. The zero-order valence-electron chi connectivity index (χ0n) is 10.3. The highest BCUT2D eigenvalue weighted by molar-refractivity contribution is 5.76. The first kappa shape index (κ1) is 13.5. The third kappa shape index (κ3) is 4.49. The maximum Gasteiger partial charge on any atom is 0.223 e. The first-order chi connectivity index (χ1) is 7.77. The van der Waals surface area contributed by atoms with Crippen LogP contribution in [0.15, 0.2) is 0 Å². The number of nitrogens with two attached hydrogens (primary N) is 1. The number of rotatable bonds is 6. The topological polar surface area (TPSA) is 55.6 Å². The number of carbonyl (C=O) groups excluding carboxylic acids is 1. The molecular weight excluding hydrogens is 204 g/mol. The van der Waals surface area contributed by atoms with Gasteiger partial charge in [0.2, 0.25) is 5.91 Å². The van der Waals surface area contributed by atoms with Crippen molar-refractivity contribution < 1.29 is 9.53 Å². The number of carbonyl (C=O) groups is 1. The molecule has 1 aliphatic heterocycles. The molecule has 0 radical (unpaired) electrons. The standard InChI is InChI=1S/C12H24N2O2/c1-2-8-14(12(15)6-7-13)10-11-5-3-4-9-16-11/h11H,2-10,13H2,1H3. The second-order valence-corrected chi connectivity index (χ2v) is 4.37. The highest BCUT2D eigenvalue weighted by atomic mass is 16.5. The lowest BCUT2D eigenvalue weighted by atomic mass is 10.1. The van der Waals surface area contributed by atoms with E-state index in [9.17, 15) is 4.79 Å². The lowest BCUT2D eigenvalue weighted by molar-refractivity contribution is -0.133. The second-order valence-electron chi connectivity index (χ2n) is 4.37. The van der Waals surface area contributed by atoms with Crippen LogP contribution in [-0.4, -0.2) is 43.2 Å². The van der Waals surface area contributed by atoms with Gasteiger partial charge in [-0.1, -0.05) is 6.92 Å². The molecule has 0 aromatic heterocycles. The Bertz CT molecular complexity index is 203. The quantitative estimate of drug-likeness (QED) is 0.742. The van der Waals surface area contributed by atoms with Crippen LogP contribution in [0, 0.1) is 0 Å². The van der Waals surface area contributed by atoms with Crippen molar-refractivity contribution in [1.82, 2.24) is 4.90 Å². The van der Waals surface area contributed by atoms with Gasteiger partial charge >= 0.3 is 0 Å². The van der Waals surface area contributed by atoms with E-state index in [1.165, 1.54) is 6.42 Å². The fraction of sp³-hybridized carbons (Fsp3) is 0.917. The zero-order chi connectivity index (χ0) is 11.8. The van der Waals surface area contributed by atoms with Crippen molar-refractivity contribution in [2.45, 2.75) is 45.1 Å². The Morgan fingerprint density at radius 2 is 2.31 bits per heavy atom. The van der Waals surface area contributed by atoms with Crippen molar-refractivity contribution in [1.29, 1.82) is 0 Å². The summed E-state index contributed by atoms with van der Waals surface area (Å²) in [5.74, 6) is 0.165. The van der Waals surface area contributed by atoms with Gasteiger partial charge in [-0.05, 0) is 25.7 Å². The minimum Gasteiger partial charge on any atom is -0.376 e. The third-order valence-corrected chi connectivity index (χ3v) is 2.90. The maximum absolute atomic E-state index is 11.8. The summed E-state index contributed by atoms with van der Waals surface area (Å²) in [6.45, 7) is 4.93. The fourth-order valence-corrected chi connectivity index (χ4v) is 2.07. The molecule has 0 aliphatic carbocycles. The van der Waals surface area contributed by atoms with Crippen LogP contribution in [0.25, 0.3) is 0 Å². The summed E-state index contributed by atoms with van der Waals surface area (Å²) < 4.78 is 5.66. The fourth-order valence-electron chi connectivity index (χ4n) is 2.07. The molecule has 2 N–H and O–H groups in total. The van der Waals surface area contributed by atoms with Crippen LogP contribution in [0.3, 0.4) is 0 Å². The number of amides is 1. The molecule has 1 unspecified atom stereocenters. The highest BCUT2D eigenvalue weighted by Gasteiger charge is 2.20. The average Bonchev–Trinajstić information content (AvgIpc) is 2.30. The van der Waals surface area contributed by atoms with Crippen LogP contribution in [0.1, 0.15) is 39.0 Å². The second kappa shape index (κ2) is 7.63. The normalized spacial score (nSPS) is 20.8. The Kier molecular flexibility index (Phi) is 6.42. The molecule has 94 valence electrons. The van der Waals surface area contributed by atoms with Gasteiger partial charge in [-0.3, -0.25) is 4.79 Å². The summed E-state index contributed by atoms with van der Waals surface area (Å²) in [4.78, 5) is 13.7. The van der Waals surface area contributed by atoms with Crippen molar-refractivity contribution >= 4 is 5.91 Å². The third-order valence-electron chi connectivity index (χ3n) is 2.90. The molecule has 1 heterocycles. The van der Waals surface area contributed by atoms with Gasteiger partial charge in [-0.2, -0.15) is 0 Å². The van der Waals surface area contributed by atoms with Gasteiger partial charge in [0.25, 0.3) is 0 Å². The number of hydrogen-bond donors (Lipinski definition) is 1. The molecule has 1 rings (SSSR count). The molecule has 1 fully saturated rings. The predicted molar refractivity (Wildman–Crippen MR) is 64.1 cm³/mol. The SMILES string of the molecule is CCCN(CC1CCCCO1)C(=O)CCN. The van der Waals surface area contributed by atoms with Gasteiger partial charge in [0.05, 0.1) is 6.10 Å². The van der Waals surface area contributed by atoms with E-state index in [1.807, 2.05) is 4.90 Å². The van der Waals surface area contributed by atoms with Crippen molar-refractivity contribution in [2.75, 3.05) is 26.2 Å². The minimum absolute atomic E-state index is 0.165. The zero-order valence-corrected chi connectivity index (χ0v) is 10.3. The lowest BCUT2D eigenvalue weighted by Crippen LogP contribution is -2.40. The van der Waals surface area contributed by atoms with Crippen LogP contribution in [0.4, 0.5) is 0 Å². The van der Waals surface area contributed by atoms with Gasteiger partial charge in [0.1, 0.15) is 0 Å². The van der Waals surface area contributed by atoms with Crippen LogP contribution in [-0.2, 0) is 9.53 Å². The summed E-state index contributed by atoms with van der Waals surface area (Å²) in [7, 11) is 0. The molecule has 4 heteroatoms. The maximum atomic E-state index is 11.8. The molecule has 4 nitrogen and oxygen atoms in total. The monoisotopic (exact) mass is 228 g/mol. The summed E-state index contributed by atoms with van der Waals surface area (Å²) in [6.07, 6.45) is 5.13. The van der Waals surface area contributed by atoms with Crippen LogP contribution >= 0.6 is 0 Å². The van der Waals surface area contributed by atoms with E-state index >= 15 is 0 Å². The molecule has 0 aromatic rings. The molecule has 0 spiro atoms.